The van der Waals surface area contributed by atoms with Gasteiger partial charge in [0.15, 0.2) is 0 Å². The minimum Gasteiger partial charge on any atom is -0.411 e. The molecule has 0 spiro atoms. The third kappa shape index (κ3) is 5.48. The molecule has 0 aromatic rings. The first-order valence-electron chi connectivity index (χ1n) is 6.27. The van der Waals surface area contributed by atoms with Crippen molar-refractivity contribution < 1.29 is 14.7 Å². The van der Waals surface area contributed by atoms with Crippen molar-refractivity contribution in [3.8, 4) is 0 Å². The van der Waals surface area contributed by atoms with Crippen molar-refractivity contribution in [3.05, 3.63) is 0 Å². The molecule has 1 saturated heterocycles. The molecule has 0 aromatic heterocycles. The van der Waals surface area contributed by atoms with Gasteiger partial charge in [-0.25, -0.2) is 0 Å². The summed E-state index contributed by atoms with van der Waals surface area (Å²) in [5.41, 5.74) is 0.919. The molecule has 1 atom stereocenters. The minimum atomic E-state index is 0.349. The van der Waals surface area contributed by atoms with Crippen molar-refractivity contribution in [2.24, 2.45) is 11.1 Å². The highest BCUT2D eigenvalue weighted by Crippen LogP contribution is 2.13. The summed E-state index contributed by atoms with van der Waals surface area (Å²) in [5, 5.41) is 12.1. The third-order valence-corrected chi connectivity index (χ3v) is 3.10. The number of methoxy groups -OCH3 is 1. The lowest BCUT2D eigenvalue weighted by Crippen LogP contribution is -2.41. The fourth-order valence-electron chi connectivity index (χ4n) is 2.06. The fraction of sp³-hybridized carbons (Fsp3) is 0.917. The highest BCUT2D eigenvalue weighted by atomic mass is 16.5. The van der Waals surface area contributed by atoms with Crippen LogP contribution in [0.2, 0.25) is 0 Å². The Morgan fingerprint density at radius 3 is 2.88 bits per heavy atom. The smallest absolute Gasteiger partial charge is 0.0624 e. The first-order valence-corrected chi connectivity index (χ1v) is 6.27. The molecule has 0 bridgehead atoms. The standard InChI is InChI=1S/C12H24N2O3/c1-11-10-14(5-4-12(11)13-15)6-9-17-8-3-7-16-2/h11,15H,3-10H2,1-2H3. The van der Waals surface area contributed by atoms with E-state index in [1.54, 1.807) is 7.11 Å². The van der Waals surface area contributed by atoms with Gasteiger partial charge in [0.05, 0.1) is 12.3 Å². The first-order chi connectivity index (χ1) is 8.27. The fourth-order valence-corrected chi connectivity index (χ4v) is 2.06. The van der Waals surface area contributed by atoms with Crippen LogP contribution < -0.4 is 0 Å². The average Bonchev–Trinajstić information content (AvgIpc) is 2.34. The first kappa shape index (κ1) is 14.4. The van der Waals surface area contributed by atoms with Crippen LogP contribution in [0.4, 0.5) is 0 Å². The molecule has 0 amide bonds. The number of ether oxygens (including phenoxy) is 2. The molecule has 100 valence electrons. The summed E-state index contributed by atoms with van der Waals surface area (Å²) < 4.78 is 10.5. The Morgan fingerprint density at radius 2 is 2.24 bits per heavy atom. The summed E-state index contributed by atoms with van der Waals surface area (Å²) in [6.45, 7) is 7.27. The predicted molar refractivity (Wildman–Crippen MR) is 66.8 cm³/mol. The van der Waals surface area contributed by atoms with E-state index in [0.29, 0.717) is 5.92 Å². The molecule has 1 rings (SSSR count). The van der Waals surface area contributed by atoms with E-state index in [9.17, 15) is 0 Å². The van der Waals surface area contributed by atoms with Gasteiger partial charge in [-0.05, 0) is 6.42 Å². The second kappa shape index (κ2) is 8.44. The number of nitrogens with zero attached hydrogens (tertiary/aromatic N) is 2. The highest BCUT2D eigenvalue weighted by molar-refractivity contribution is 5.86. The Labute approximate surface area is 103 Å². The number of hydrogen-bond donors (Lipinski definition) is 1. The maximum Gasteiger partial charge on any atom is 0.0624 e. The number of hydrogen-bond acceptors (Lipinski definition) is 5. The molecule has 1 fully saturated rings. The van der Waals surface area contributed by atoms with Crippen LogP contribution in [0.5, 0.6) is 0 Å². The van der Waals surface area contributed by atoms with Crippen LogP contribution in [0.25, 0.3) is 0 Å². The lowest BCUT2D eigenvalue weighted by Gasteiger charge is -2.31. The molecule has 0 aromatic carbocycles. The van der Waals surface area contributed by atoms with Crippen LogP contribution >= 0.6 is 0 Å². The largest absolute Gasteiger partial charge is 0.411 e. The molecule has 17 heavy (non-hydrogen) atoms. The summed E-state index contributed by atoms with van der Waals surface area (Å²) >= 11 is 0. The van der Waals surface area contributed by atoms with E-state index in [1.165, 1.54) is 0 Å². The van der Waals surface area contributed by atoms with Gasteiger partial charge >= 0.3 is 0 Å². The molecule has 1 N–H and O–H groups in total. The van der Waals surface area contributed by atoms with E-state index < -0.39 is 0 Å². The van der Waals surface area contributed by atoms with Gasteiger partial charge in [0, 0.05) is 52.3 Å². The average molecular weight is 244 g/mol. The summed E-state index contributed by atoms with van der Waals surface area (Å²) in [7, 11) is 1.70. The Morgan fingerprint density at radius 1 is 1.41 bits per heavy atom. The Bertz CT molecular complexity index is 234. The molecule has 1 unspecified atom stereocenters. The van der Waals surface area contributed by atoms with Gasteiger partial charge in [0.1, 0.15) is 0 Å². The maximum atomic E-state index is 8.78. The summed E-state index contributed by atoms with van der Waals surface area (Å²) in [4.78, 5) is 2.36. The summed E-state index contributed by atoms with van der Waals surface area (Å²) in [6.07, 6.45) is 1.82. The van der Waals surface area contributed by atoms with E-state index >= 15 is 0 Å². The second-order valence-electron chi connectivity index (χ2n) is 4.50. The number of piperidine rings is 1. The van der Waals surface area contributed by atoms with E-state index in [1.807, 2.05) is 0 Å². The van der Waals surface area contributed by atoms with E-state index in [-0.39, 0.29) is 0 Å². The van der Waals surface area contributed by atoms with Crippen LogP contribution in [-0.2, 0) is 9.47 Å². The molecule has 0 radical (unpaired) electrons. The quantitative estimate of drug-likeness (QED) is 0.415. The normalized spacial score (nSPS) is 24.4. The SMILES string of the molecule is COCCCOCCN1CCC(=NO)C(C)C1. The Balaban J connectivity index is 2.05. The molecule has 1 aliphatic rings. The molecular weight excluding hydrogens is 220 g/mol. The van der Waals surface area contributed by atoms with Crippen molar-refractivity contribution in [3.63, 3.8) is 0 Å². The van der Waals surface area contributed by atoms with Crippen LogP contribution in [0, 0.1) is 5.92 Å². The van der Waals surface area contributed by atoms with Crippen molar-refractivity contribution in [1.29, 1.82) is 0 Å². The number of oxime groups is 1. The maximum absolute atomic E-state index is 8.78. The monoisotopic (exact) mass is 244 g/mol. The molecule has 5 heteroatoms. The molecule has 0 aliphatic carbocycles. The molecule has 1 aliphatic heterocycles. The van der Waals surface area contributed by atoms with Crippen molar-refractivity contribution >= 4 is 5.71 Å². The van der Waals surface area contributed by atoms with E-state index in [0.717, 1.165) is 58.0 Å². The van der Waals surface area contributed by atoms with Crippen LogP contribution in [0.15, 0.2) is 5.16 Å². The predicted octanol–water partition coefficient (Wildman–Crippen LogP) is 1.21. The lowest BCUT2D eigenvalue weighted by molar-refractivity contribution is 0.0806. The van der Waals surface area contributed by atoms with Crippen LogP contribution in [0.3, 0.4) is 0 Å². The second-order valence-corrected chi connectivity index (χ2v) is 4.50. The zero-order chi connectivity index (χ0) is 12.5. The Hall–Kier alpha value is -0.650. The molecule has 1 heterocycles. The third-order valence-electron chi connectivity index (χ3n) is 3.10. The van der Waals surface area contributed by atoms with Crippen molar-refractivity contribution in [2.45, 2.75) is 19.8 Å². The lowest BCUT2D eigenvalue weighted by atomic mass is 9.98. The minimum absolute atomic E-state index is 0.349. The topological polar surface area (TPSA) is 54.3 Å². The highest BCUT2D eigenvalue weighted by Gasteiger charge is 2.21. The number of rotatable bonds is 7. The van der Waals surface area contributed by atoms with E-state index in [2.05, 4.69) is 17.0 Å². The molecular formula is C12H24N2O3. The van der Waals surface area contributed by atoms with E-state index in [4.69, 9.17) is 14.7 Å². The van der Waals surface area contributed by atoms with Crippen LogP contribution in [-0.4, -0.2) is 62.4 Å². The van der Waals surface area contributed by atoms with Gasteiger partial charge in [-0.1, -0.05) is 12.1 Å². The van der Waals surface area contributed by atoms with Gasteiger partial charge in [-0.2, -0.15) is 0 Å². The van der Waals surface area contributed by atoms with Gasteiger partial charge < -0.3 is 19.6 Å². The molecule has 0 saturated carbocycles. The van der Waals surface area contributed by atoms with Crippen molar-refractivity contribution in [1.82, 2.24) is 4.90 Å². The Kier molecular flexibility index (Phi) is 7.16. The zero-order valence-corrected chi connectivity index (χ0v) is 10.9. The summed E-state index contributed by atoms with van der Waals surface area (Å²) in [6, 6.07) is 0. The van der Waals surface area contributed by atoms with Gasteiger partial charge in [0.25, 0.3) is 0 Å². The summed E-state index contributed by atoms with van der Waals surface area (Å²) in [5.74, 6) is 0.349. The van der Waals surface area contributed by atoms with Crippen LogP contribution in [0.1, 0.15) is 19.8 Å². The van der Waals surface area contributed by atoms with Crippen molar-refractivity contribution in [2.75, 3.05) is 46.6 Å². The number of likely N-dealkylation sites (tertiary alicyclic amines) is 1. The molecule has 5 nitrogen and oxygen atoms in total. The van der Waals surface area contributed by atoms with Gasteiger partial charge in [-0.3, -0.25) is 0 Å². The van der Waals surface area contributed by atoms with Gasteiger partial charge in [-0.15, -0.1) is 0 Å². The zero-order valence-electron chi connectivity index (χ0n) is 10.9. The van der Waals surface area contributed by atoms with Gasteiger partial charge in [0.2, 0.25) is 0 Å².